The topological polar surface area (TPSA) is 49.3 Å². The number of carbonyl (C=O) groups is 1. The van der Waals surface area contributed by atoms with Crippen LogP contribution in [0.3, 0.4) is 0 Å². The van der Waals surface area contributed by atoms with Gasteiger partial charge in [0.15, 0.2) is 0 Å². The molecular formula is C22H29NO2S. The van der Waals surface area contributed by atoms with Gasteiger partial charge in [0, 0.05) is 17.4 Å². The summed E-state index contributed by atoms with van der Waals surface area (Å²) in [7, 11) is 0. The van der Waals surface area contributed by atoms with E-state index in [2.05, 4.69) is 60.2 Å². The Balaban J connectivity index is 1.56. The molecule has 1 unspecified atom stereocenters. The minimum atomic E-state index is -0.703. The number of hydrogen-bond acceptors (Lipinski definition) is 3. The number of aliphatic carboxylic acids is 1. The molecule has 0 amide bonds. The number of allylic oxidation sites excluding steroid dienone is 4. The number of fused-ring (bicyclic) bond motifs is 2. The van der Waals surface area contributed by atoms with Crippen LogP contribution in [-0.4, -0.2) is 17.1 Å². The summed E-state index contributed by atoms with van der Waals surface area (Å²) in [6.45, 7) is 2.29. The van der Waals surface area contributed by atoms with Gasteiger partial charge in [-0.05, 0) is 80.9 Å². The van der Waals surface area contributed by atoms with Crippen molar-refractivity contribution in [3.8, 4) is 0 Å². The highest BCUT2D eigenvalue weighted by Crippen LogP contribution is 2.46. The van der Waals surface area contributed by atoms with Gasteiger partial charge in [-0.2, -0.15) is 0 Å². The molecule has 0 aromatic heterocycles. The lowest BCUT2D eigenvalue weighted by Crippen LogP contribution is -2.40. The molecule has 1 saturated carbocycles. The van der Waals surface area contributed by atoms with E-state index in [0.717, 1.165) is 25.2 Å². The number of benzene rings is 1. The van der Waals surface area contributed by atoms with Gasteiger partial charge in [-0.1, -0.05) is 42.0 Å². The average Bonchev–Trinajstić information content (AvgIpc) is 2.93. The molecule has 4 atom stereocenters. The number of nitrogens with one attached hydrogen (secondary N) is 1. The maximum atomic E-state index is 10.6. The third-order valence-electron chi connectivity index (χ3n) is 5.64. The van der Waals surface area contributed by atoms with Crippen LogP contribution >= 0.6 is 11.9 Å². The first-order chi connectivity index (χ1) is 12.6. The van der Waals surface area contributed by atoms with Crippen molar-refractivity contribution >= 4 is 17.9 Å². The zero-order valence-electron chi connectivity index (χ0n) is 15.4. The Bertz CT molecular complexity index is 655. The van der Waals surface area contributed by atoms with E-state index in [9.17, 15) is 4.79 Å². The lowest BCUT2D eigenvalue weighted by atomic mass is 9.73. The van der Waals surface area contributed by atoms with Crippen molar-refractivity contribution < 1.29 is 9.90 Å². The second-order valence-corrected chi connectivity index (χ2v) is 8.46. The molecule has 140 valence electrons. The summed E-state index contributed by atoms with van der Waals surface area (Å²) in [5.41, 5.74) is 1.56. The Morgan fingerprint density at radius 1 is 1.27 bits per heavy atom. The fourth-order valence-electron chi connectivity index (χ4n) is 4.37. The zero-order valence-corrected chi connectivity index (χ0v) is 16.3. The third kappa shape index (κ3) is 5.24. The van der Waals surface area contributed by atoms with Gasteiger partial charge < -0.3 is 5.11 Å². The fraction of sp³-hybridized carbons (Fsp3) is 0.500. The van der Waals surface area contributed by atoms with Crippen molar-refractivity contribution in [2.45, 2.75) is 56.4 Å². The lowest BCUT2D eigenvalue weighted by Gasteiger charge is -2.37. The van der Waals surface area contributed by atoms with Gasteiger partial charge in [0.05, 0.1) is 0 Å². The molecule has 0 saturated heterocycles. The number of rotatable bonds is 9. The van der Waals surface area contributed by atoms with Gasteiger partial charge in [-0.25, -0.2) is 0 Å². The summed E-state index contributed by atoms with van der Waals surface area (Å²) < 4.78 is 3.75. The molecule has 0 heterocycles. The van der Waals surface area contributed by atoms with Crippen LogP contribution in [0.4, 0.5) is 0 Å². The van der Waals surface area contributed by atoms with Gasteiger partial charge in [0.1, 0.15) is 0 Å². The second-order valence-electron chi connectivity index (χ2n) is 7.55. The Morgan fingerprint density at radius 2 is 2.08 bits per heavy atom. The first-order valence-corrected chi connectivity index (χ1v) is 10.5. The van der Waals surface area contributed by atoms with Gasteiger partial charge >= 0.3 is 5.97 Å². The van der Waals surface area contributed by atoms with Crippen LogP contribution < -0.4 is 4.72 Å². The van der Waals surface area contributed by atoms with E-state index < -0.39 is 5.97 Å². The van der Waals surface area contributed by atoms with Crippen molar-refractivity contribution in [2.75, 3.05) is 0 Å². The number of unbranched alkanes of at least 4 members (excludes halogenated alkanes) is 1. The van der Waals surface area contributed by atoms with Crippen molar-refractivity contribution in [1.29, 1.82) is 0 Å². The molecule has 1 aromatic carbocycles. The molecule has 3 rings (SSSR count). The predicted molar refractivity (Wildman–Crippen MR) is 108 cm³/mol. The van der Waals surface area contributed by atoms with Crippen LogP contribution in [0.5, 0.6) is 0 Å². The van der Waals surface area contributed by atoms with Gasteiger partial charge in [-0.15, -0.1) is 0 Å². The summed E-state index contributed by atoms with van der Waals surface area (Å²) in [6, 6.07) is 11.0. The highest BCUT2D eigenvalue weighted by molar-refractivity contribution is 7.97. The summed E-state index contributed by atoms with van der Waals surface area (Å²) in [5.74, 6) is 1.33. The Labute approximate surface area is 161 Å². The molecule has 0 aliphatic heterocycles. The maximum Gasteiger partial charge on any atom is 0.303 e. The second kappa shape index (κ2) is 9.43. The molecule has 4 heteroatoms. The fourth-order valence-corrected chi connectivity index (χ4v) is 5.22. The van der Waals surface area contributed by atoms with Crippen LogP contribution in [0, 0.1) is 17.8 Å². The first-order valence-electron chi connectivity index (χ1n) is 9.66. The molecule has 2 N–H and O–H groups in total. The predicted octanol–water partition coefficient (Wildman–Crippen LogP) is 5.46. The van der Waals surface area contributed by atoms with E-state index >= 15 is 0 Å². The smallest absolute Gasteiger partial charge is 0.303 e. The highest BCUT2D eigenvalue weighted by atomic mass is 32.2. The molecule has 3 nitrogen and oxygen atoms in total. The van der Waals surface area contributed by atoms with E-state index in [4.69, 9.17) is 5.11 Å². The summed E-state index contributed by atoms with van der Waals surface area (Å²) in [5, 5.41) is 8.72. The molecule has 0 spiro atoms. The molecular weight excluding hydrogens is 342 g/mol. The van der Waals surface area contributed by atoms with Crippen molar-refractivity contribution in [3.05, 3.63) is 54.1 Å². The van der Waals surface area contributed by atoms with E-state index in [1.54, 1.807) is 17.5 Å². The lowest BCUT2D eigenvalue weighted by molar-refractivity contribution is -0.137. The van der Waals surface area contributed by atoms with Crippen LogP contribution in [0.2, 0.25) is 0 Å². The van der Waals surface area contributed by atoms with Gasteiger partial charge in [0.25, 0.3) is 0 Å². The Kier molecular flexibility index (Phi) is 6.98. The van der Waals surface area contributed by atoms with Crippen molar-refractivity contribution in [1.82, 2.24) is 4.72 Å². The summed E-state index contributed by atoms with van der Waals surface area (Å²) in [6.07, 6.45) is 12.4. The molecule has 1 fully saturated rings. The third-order valence-corrected chi connectivity index (χ3v) is 6.57. The van der Waals surface area contributed by atoms with E-state index in [1.165, 1.54) is 17.7 Å². The van der Waals surface area contributed by atoms with Gasteiger partial charge in [0.2, 0.25) is 0 Å². The number of carboxylic acid groups (broad SMARTS) is 1. The van der Waals surface area contributed by atoms with Crippen LogP contribution in [0.25, 0.3) is 0 Å². The summed E-state index contributed by atoms with van der Waals surface area (Å²) in [4.78, 5) is 11.9. The standard InChI is InChI=1S/C22H29NO2S/c1-16-13-17-14-20(16)19(11-7-2-3-8-12-22(24)25)21(15-17)23-26-18-9-5-4-6-10-18/h2,4-7,9-10,13,17,19-21,23H,3,8,11-12,14-15H2,1H3,(H,24,25)/b7-2-/t17-,19+,20?,21+/m1/s1. The Hall–Kier alpha value is -1.52. The largest absolute Gasteiger partial charge is 0.481 e. The maximum absolute atomic E-state index is 10.6. The SMILES string of the molecule is CC1=C[C@@H]2CC1[C@H](C/C=C\CCCC(=O)O)[C@@H](NSc1ccccc1)C2. The average molecular weight is 372 g/mol. The van der Waals surface area contributed by atoms with Crippen LogP contribution in [0.15, 0.2) is 59.0 Å². The number of carboxylic acids is 1. The summed E-state index contributed by atoms with van der Waals surface area (Å²) >= 11 is 1.75. The monoisotopic (exact) mass is 371 g/mol. The van der Waals surface area contributed by atoms with Crippen LogP contribution in [0.1, 0.15) is 45.4 Å². The Morgan fingerprint density at radius 3 is 2.85 bits per heavy atom. The quantitative estimate of drug-likeness (QED) is 0.344. The minimum Gasteiger partial charge on any atom is -0.481 e. The molecule has 2 aliphatic rings. The molecule has 26 heavy (non-hydrogen) atoms. The first kappa shape index (κ1) is 19.2. The normalized spacial score (nSPS) is 27.7. The molecule has 0 radical (unpaired) electrons. The van der Waals surface area contributed by atoms with Gasteiger partial charge in [-0.3, -0.25) is 9.52 Å². The minimum absolute atomic E-state index is 0.262. The van der Waals surface area contributed by atoms with Crippen LogP contribution in [-0.2, 0) is 4.79 Å². The molecule has 1 aromatic rings. The van der Waals surface area contributed by atoms with Crippen molar-refractivity contribution in [2.24, 2.45) is 17.8 Å². The van der Waals surface area contributed by atoms with E-state index in [1.807, 2.05) is 0 Å². The zero-order chi connectivity index (χ0) is 18.4. The molecule has 2 bridgehead atoms. The highest BCUT2D eigenvalue weighted by Gasteiger charge is 2.40. The van der Waals surface area contributed by atoms with E-state index in [-0.39, 0.29) is 6.42 Å². The number of hydrogen-bond donors (Lipinski definition) is 2. The van der Waals surface area contributed by atoms with E-state index in [0.29, 0.717) is 17.9 Å². The van der Waals surface area contributed by atoms with Crippen molar-refractivity contribution in [3.63, 3.8) is 0 Å². The molecule has 2 aliphatic carbocycles.